The lowest BCUT2D eigenvalue weighted by molar-refractivity contribution is -0.118. The molecule has 0 aromatic heterocycles. The molecule has 0 saturated heterocycles. The Bertz CT molecular complexity index is 121. The van der Waals surface area contributed by atoms with Gasteiger partial charge < -0.3 is 5.32 Å². The first kappa shape index (κ1) is 10.4. The molecule has 0 aliphatic heterocycles. The van der Waals surface area contributed by atoms with Gasteiger partial charge >= 0.3 is 0 Å². The largest absolute Gasteiger partial charge is 0.317 e. The maximum atomic E-state index is 11.0. The van der Waals surface area contributed by atoms with Crippen LogP contribution in [0.2, 0.25) is 0 Å². The van der Waals surface area contributed by atoms with E-state index in [-0.39, 0.29) is 0 Å². The maximum absolute atomic E-state index is 11.0. The first-order valence-electron chi connectivity index (χ1n) is 4.14. The van der Waals surface area contributed by atoms with Crippen molar-refractivity contribution in [3.05, 3.63) is 12.7 Å². The van der Waals surface area contributed by atoms with Gasteiger partial charge in [0, 0.05) is 19.4 Å². The van der Waals surface area contributed by atoms with Crippen LogP contribution in [0, 0.1) is 0 Å². The average Bonchev–Trinajstić information content (AvgIpc) is 2.01. The lowest BCUT2D eigenvalue weighted by Gasteiger charge is -1.98. The lowest BCUT2D eigenvalue weighted by atomic mass is 10.2. The highest BCUT2D eigenvalue weighted by atomic mass is 16.1. The Hall–Kier alpha value is -0.630. The van der Waals surface area contributed by atoms with Crippen molar-refractivity contribution >= 4 is 5.78 Å². The molecule has 0 spiro atoms. The van der Waals surface area contributed by atoms with Gasteiger partial charge in [-0.3, -0.25) is 4.79 Å². The molecule has 0 fully saturated rings. The molecule has 0 atom stereocenters. The molecule has 0 aromatic rings. The normalized spacial score (nSPS) is 9.55. The Morgan fingerprint density at radius 2 is 2.27 bits per heavy atom. The summed E-state index contributed by atoms with van der Waals surface area (Å²) in [6.07, 6.45) is 3.90. The summed E-state index contributed by atoms with van der Waals surface area (Å²) in [7, 11) is 0. The SMILES string of the molecule is C=CCCC(=O)CCNCC. The van der Waals surface area contributed by atoms with Crippen molar-refractivity contribution in [3.63, 3.8) is 0 Å². The van der Waals surface area contributed by atoms with Crippen molar-refractivity contribution in [1.29, 1.82) is 0 Å². The third kappa shape index (κ3) is 7.26. The summed E-state index contributed by atoms with van der Waals surface area (Å²) in [6, 6.07) is 0. The van der Waals surface area contributed by atoms with Crippen LogP contribution in [0.4, 0.5) is 0 Å². The monoisotopic (exact) mass is 155 g/mol. The molecule has 0 bridgehead atoms. The first-order chi connectivity index (χ1) is 5.31. The Balaban J connectivity index is 3.15. The van der Waals surface area contributed by atoms with Gasteiger partial charge in [-0.05, 0) is 13.0 Å². The summed E-state index contributed by atoms with van der Waals surface area (Å²) >= 11 is 0. The Morgan fingerprint density at radius 1 is 1.55 bits per heavy atom. The highest BCUT2D eigenvalue weighted by Gasteiger charge is 1.97. The van der Waals surface area contributed by atoms with E-state index in [0.717, 1.165) is 19.5 Å². The molecule has 0 aliphatic carbocycles. The van der Waals surface area contributed by atoms with Crippen LogP contribution in [-0.2, 0) is 4.79 Å². The number of hydrogen-bond acceptors (Lipinski definition) is 2. The molecule has 0 unspecified atom stereocenters. The molecule has 0 amide bonds. The molecule has 1 N–H and O–H groups in total. The summed E-state index contributed by atoms with van der Waals surface area (Å²) < 4.78 is 0. The minimum Gasteiger partial charge on any atom is -0.317 e. The van der Waals surface area contributed by atoms with E-state index in [1.165, 1.54) is 0 Å². The fraction of sp³-hybridized carbons (Fsp3) is 0.667. The van der Waals surface area contributed by atoms with Gasteiger partial charge in [-0.2, -0.15) is 0 Å². The van der Waals surface area contributed by atoms with Gasteiger partial charge in [0.05, 0.1) is 0 Å². The van der Waals surface area contributed by atoms with Crippen LogP contribution < -0.4 is 5.32 Å². The van der Waals surface area contributed by atoms with Crippen LogP contribution in [0.3, 0.4) is 0 Å². The zero-order valence-electron chi connectivity index (χ0n) is 7.23. The molecular weight excluding hydrogens is 138 g/mol. The van der Waals surface area contributed by atoms with Gasteiger partial charge in [-0.15, -0.1) is 6.58 Å². The predicted octanol–water partition coefficient (Wildman–Crippen LogP) is 1.52. The van der Waals surface area contributed by atoms with Crippen molar-refractivity contribution in [2.24, 2.45) is 0 Å². The van der Waals surface area contributed by atoms with Gasteiger partial charge in [-0.1, -0.05) is 13.0 Å². The number of Topliss-reactive ketones (excluding diaryl/α,β-unsaturated/α-hetero) is 1. The van der Waals surface area contributed by atoms with Crippen LogP contribution in [-0.4, -0.2) is 18.9 Å². The zero-order valence-corrected chi connectivity index (χ0v) is 7.23. The predicted molar refractivity (Wildman–Crippen MR) is 47.6 cm³/mol. The number of carbonyl (C=O) groups is 1. The Labute approximate surface area is 68.7 Å². The molecular formula is C9H17NO. The van der Waals surface area contributed by atoms with Crippen LogP contribution >= 0.6 is 0 Å². The summed E-state index contributed by atoms with van der Waals surface area (Å²) in [4.78, 5) is 11.0. The van der Waals surface area contributed by atoms with Crippen LogP contribution in [0.1, 0.15) is 26.2 Å². The van der Waals surface area contributed by atoms with Crippen molar-refractivity contribution in [2.45, 2.75) is 26.2 Å². The van der Waals surface area contributed by atoms with Gasteiger partial charge in [0.15, 0.2) is 0 Å². The minimum absolute atomic E-state index is 0.325. The lowest BCUT2D eigenvalue weighted by Crippen LogP contribution is -2.17. The van der Waals surface area contributed by atoms with Crippen molar-refractivity contribution in [2.75, 3.05) is 13.1 Å². The third-order valence-electron chi connectivity index (χ3n) is 1.46. The fourth-order valence-corrected chi connectivity index (χ4v) is 0.793. The fourth-order valence-electron chi connectivity index (χ4n) is 0.793. The number of ketones is 1. The van der Waals surface area contributed by atoms with Crippen LogP contribution in [0.5, 0.6) is 0 Å². The Morgan fingerprint density at radius 3 is 2.82 bits per heavy atom. The second-order valence-electron chi connectivity index (χ2n) is 2.47. The molecule has 0 rings (SSSR count). The van der Waals surface area contributed by atoms with E-state index in [1.54, 1.807) is 6.08 Å². The number of hydrogen-bond donors (Lipinski definition) is 1. The number of allylic oxidation sites excluding steroid dienone is 1. The Kier molecular flexibility index (Phi) is 7.05. The maximum Gasteiger partial charge on any atom is 0.134 e. The van der Waals surface area contributed by atoms with E-state index in [2.05, 4.69) is 11.9 Å². The summed E-state index contributed by atoms with van der Waals surface area (Å²) in [5.74, 6) is 0.325. The first-order valence-corrected chi connectivity index (χ1v) is 4.14. The van der Waals surface area contributed by atoms with Gasteiger partial charge in [0.25, 0.3) is 0 Å². The van der Waals surface area contributed by atoms with Gasteiger partial charge in [0.2, 0.25) is 0 Å². The van der Waals surface area contributed by atoms with Gasteiger partial charge in [-0.25, -0.2) is 0 Å². The molecule has 11 heavy (non-hydrogen) atoms. The van der Waals surface area contributed by atoms with E-state index in [4.69, 9.17) is 0 Å². The van der Waals surface area contributed by atoms with Gasteiger partial charge in [0.1, 0.15) is 5.78 Å². The molecule has 0 aliphatic rings. The standard InChI is InChI=1S/C9H17NO/c1-3-5-6-9(11)7-8-10-4-2/h3,10H,1,4-8H2,2H3. The zero-order chi connectivity index (χ0) is 8.53. The molecule has 0 aromatic carbocycles. The smallest absolute Gasteiger partial charge is 0.134 e. The van der Waals surface area contributed by atoms with Crippen molar-refractivity contribution in [1.82, 2.24) is 5.32 Å². The average molecular weight is 155 g/mol. The minimum atomic E-state index is 0.325. The molecule has 2 heteroatoms. The molecule has 0 radical (unpaired) electrons. The summed E-state index contributed by atoms with van der Waals surface area (Å²) in [5, 5.41) is 3.11. The molecule has 2 nitrogen and oxygen atoms in total. The second-order valence-corrected chi connectivity index (χ2v) is 2.47. The van der Waals surface area contributed by atoms with E-state index in [9.17, 15) is 4.79 Å². The van der Waals surface area contributed by atoms with E-state index < -0.39 is 0 Å². The number of rotatable bonds is 7. The van der Waals surface area contributed by atoms with Crippen molar-refractivity contribution in [3.8, 4) is 0 Å². The van der Waals surface area contributed by atoms with Crippen LogP contribution in [0.25, 0.3) is 0 Å². The molecule has 0 heterocycles. The number of carbonyl (C=O) groups excluding carboxylic acids is 1. The van der Waals surface area contributed by atoms with Crippen molar-refractivity contribution < 1.29 is 4.79 Å². The highest BCUT2D eigenvalue weighted by Crippen LogP contribution is 1.94. The van der Waals surface area contributed by atoms with E-state index >= 15 is 0 Å². The molecule has 64 valence electrons. The summed E-state index contributed by atoms with van der Waals surface area (Å²) in [6.45, 7) is 7.35. The topological polar surface area (TPSA) is 29.1 Å². The molecule has 0 saturated carbocycles. The van der Waals surface area contributed by atoms with E-state index in [1.807, 2.05) is 6.92 Å². The highest BCUT2D eigenvalue weighted by molar-refractivity contribution is 5.78. The quantitative estimate of drug-likeness (QED) is 0.446. The summed E-state index contributed by atoms with van der Waals surface area (Å²) in [5.41, 5.74) is 0. The van der Waals surface area contributed by atoms with Crippen LogP contribution in [0.15, 0.2) is 12.7 Å². The number of nitrogens with one attached hydrogen (secondary N) is 1. The third-order valence-corrected chi connectivity index (χ3v) is 1.46. The second kappa shape index (κ2) is 7.48. The van der Waals surface area contributed by atoms with E-state index in [0.29, 0.717) is 18.6 Å².